The summed E-state index contributed by atoms with van der Waals surface area (Å²) < 4.78 is 19.1. The van der Waals surface area contributed by atoms with E-state index in [0.29, 0.717) is 12.2 Å². The number of nitrogens with zero attached hydrogens (tertiary/aromatic N) is 1. The number of nitrogens with two attached hydrogens (primary N) is 1. The number of ether oxygens (including phenoxy) is 1. The second kappa shape index (κ2) is 7.35. The van der Waals surface area contributed by atoms with Crippen LogP contribution >= 0.6 is 0 Å². The smallest absolute Gasteiger partial charge is 0.126 e. The summed E-state index contributed by atoms with van der Waals surface area (Å²) in [6, 6.07) is 14.2. The van der Waals surface area contributed by atoms with Crippen LogP contribution in [-0.4, -0.2) is 40.8 Å². The molecule has 26 heavy (non-hydrogen) atoms. The number of benzene rings is 2. The van der Waals surface area contributed by atoms with Gasteiger partial charge in [-0.3, -0.25) is 4.90 Å². The van der Waals surface area contributed by atoms with Crippen LogP contribution in [0.4, 0.5) is 4.39 Å². The van der Waals surface area contributed by atoms with Crippen LogP contribution in [0.2, 0.25) is 0 Å². The van der Waals surface area contributed by atoms with Gasteiger partial charge >= 0.3 is 0 Å². The van der Waals surface area contributed by atoms with Crippen molar-refractivity contribution in [3.63, 3.8) is 0 Å². The average Bonchev–Trinajstić information content (AvgIpc) is 2.66. The summed E-state index contributed by atoms with van der Waals surface area (Å²) in [4.78, 5) is 2.29. The lowest BCUT2D eigenvalue weighted by Gasteiger charge is -2.46. The third-order valence-corrected chi connectivity index (χ3v) is 5.64. The van der Waals surface area contributed by atoms with Gasteiger partial charge in [0.05, 0.1) is 6.04 Å². The lowest BCUT2D eigenvalue weighted by atomic mass is 9.83. The van der Waals surface area contributed by atoms with Crippen molar-refractivity contribution < 1.29 is 14.2 Å². The third kappa shape index (κ3) is 3.47. The average molecular weight is 356 g/mol. The van der Waals surface area contributed by atoms with Crippen LogP contribution in [0.3, 0.4) is 0 Å². The van der Waals surface area contributed by atoms with Crippen molar-refractivity contribution in [3.8, 4) is 5.75 Å². The minimum Gasteiger partial charge on any atom is -0.488 e. The molecule has 0 saturated heterocycles. The summed E-state index contributed by atoms with van der Waals surface area (Å²) in [5.41, 5.74) is 9.07. The molecule has 4 atom stereocenters. The number of hydrogen-bond donors (Lipinski definition) is 2. The van der Waals surface area contributed by atoms with E-state index in [-0.39, 0.29) is 24.0 Å². The minimum absolute atomic E-state index is 0.0802. The van der Waals surface area contributed by atoms with Crippen LogP contribution < -0.4 is 10.5 Å². The summed E-state index contributed by atoms with van der Waals surface area (Å²) in [6.45, 7) is 1.69. The molecule has 1 heterocycles. The van der Waals surface area contributed by atoms with Crippen LogP contribution in [0.25, 0.3) is 0 Å². The SMILES string of the molecule is N[C@@H]1CC[C@@H](Oc2ccc(F)cc2)[C@H](O)[C@H]1N1CCc2ccccc2C1. The zero-order valence-corrected chi connectivity index (χ0v) is 14.7. The number of aliphatic hydroxyl groups is 1. The van der Waals surface area contributed by atoms with E-state index >= 15 is 0 Å². The van der Waals surface area contributed by atoms with Crippen LogP contribution in [-0.2, 0) is 13.0 Å². The van der Waals surface area contributed by atoms with Gasteiger partial charge in [0, 0.05) is 19.1 Å². The molecule has 2 aromatic carbocycles. The maximum absolute atomic E-state index is 13.1. The first-order valence-corrected chi connectivity index (χ1v) is 9.28. The molecule has 1 saturated carbocycles. The van der Waals surface area contributed by atoms with Gasteiger partial charge in [0.25, 0.3) is 0 Å². The molecule has 1 aliphatic heterocycles. The normalized spacial score (nSPS) is 29.2. The fraction of sp³-hybridized carbons (Fsp3) is 0.429. The largest absolute Gasteiger partial charge is 0.488 e. The van der Waals surface area contributed by atoms with Gasteiger partial charge in [-0.2, -0.15) is 0 Å². The Labute approximate surface area is 153 Å². The molecule has 0 amide bonds. The molecule has 0 radical (unpaired) electrons. The number of fused-ring (bicyclic) bond motifs is 1. The third-order valence-electron chi connectivity index (χ3n) is 5.64. The Hall–Kier alpha value is -1.95. The highest BCUT2D eigenvalue weighted by Crippen LogP contribution is 2.30. The maximum atomic E-state index is 13.1. The standard InChI is InChI=1S/C21H25FN2O2/c22-16-5-7-17(8-6-16)26-19-10-9-18(23)20(21(19)25)24-12-11-14-3-1-2-4-15(14)13-24/h1-8,18-21,25H,9-13,23H2/t18-,19-,20+,21+/m1/s1. The van der Waals surface area contributed by atoms with Crippen molar-refractivity contribution in [1.82, 2.24) is 4.90 Å². The molecular weight excluding hydrogens is 331 g/mol. The van der Waals surface area contributed by atoms with E-state index in [1.807, 2.05) is 0 Å². The Balaban J connectivity index is 1.49. The van der Waals surface area contributed by atoms with Gasteiger partial charge in [-0.05, 0) is 54.7 Å². The first kappa shape index (κ1) is 17.5. The quantitative estimate of drug-likeness (QED) is 0.887. The first-order valence-electron chi connectivity index (χ1n) is 9.28. The van der Waals surface area contributed by atoms with Crippen LogP contribution in [0, 0.1) is 5.82 Å². The second-order valence-corrected chi connectivity index (χ2v) is 7.32. The number of aliphatic hydroxyl groups excluding tert-OH is 1. The summed E-state index contributed by atoms with van der Waals surface area (Å²) in [5.74, 6) is 0.280. The van der Waals surface area contributed by atoms with Gasteiger partial charge in [0.2, 0.25) is 0 Å². The van der Waals surface area contributed by atoms with Crippen LogP contribution in [0.5, 0.6) is 5.75 Å². The Morgan fingerprint density at radius 3 is 2.54 bits per heavy atom. The summed E-state index contributed by atoms with van der Waals surface area (Å²) in [7, 11) is 0. The Bertz CT molecular complexity index is 752. The molecule has 1 aliphatic carbocycles. The zero-order chi connectivity index (χ0) is 18.1. The van der Waals surface area contributed by atoms with E-state index in [0.717, 1.165) is 25.9 Å². The Morgan fingerprint density at radius 2 is 1.77 bits per heavy atom. The molecule has 4 rings (SSSR count). The van der Waals surface area contributed by atoms with Crippen molar-refractivity contribution >= 4 is 0 Å². The van der Waals surface area contributed by atoms with Crippen molar-refractivity contribution in [2.24, 2.45) is 5.73 Å². The molecule has 0 unspecified atom stereocenters. The van der Waals surface area contributed by atoms with E-state index < -0.39 is 6.10 Å². The van der Waals surface area contributed by atoms with E-state index in [4.69, 9.17) is 10.5 Å². The van der Waals surface area contributed by atoms with Gasteiger partial charge in [-0.1, -0.05) is 24.3 Å². The summed E-state index contributed by atoms with van der Waals surface area (Å²) in [6.07, 6.45) is 1.46. The molecule has 2 aromatic rings. The number of rotatable bonds is 3. The highest BCUT2D eigenvalue weighted by molar-refractivity contribution is 5.29. The maximum Gasteiger partial charge on any atom is 0.126 e. The van der Waals surface area contributed by atoms with Crippen molar-refractivity contribution in [2.75, 3.05) is 6.54 Å². The molecule has 0 bridgehead atoms. The molecule has 138 valence electrons. The van der Waals surface area contributed by atoms with Crippen molar-refractivity contribution in [2.45, 2.75) is 50.1 Å². The van der Waals surface area contributed by atoms with Crippen LogP contribution in [0.1, 0.15) is 24.0 Å². The predicted molar refractivity (Wildman–Crippen MR) is 98.4 cm³/mol. The number of hydrogen-bond acceptors (Lipinski definition) is 4. The molecule has 3 N–H and O–H groups in total. The van der Waals surface area contributed by atoms with Gasteiger partial charge < -0.3 is 15.6 Å². The van der Waals surface area contributed by atoms with E-state index in [9.17, 15) is 9.50 Å². The van der Waals surface area contributed by atoms with Crippen LogP contribution in [0.15, 0.2) is 48.5 Å². The van der Waals surface area contributed by atoms with Crippen molar-refractivity contribution in [3.05, 3.63) is 65.5 Å². The van der Waals surface area contributed by atoms with Gasteiger partial charge in [0.1, 0.15) is 23.8 Å². The predicted octanol–water partition coefficient (Wildman–Crippen LogP) is 2.48. The number of halogens is 1. The lowest BCUT2D eigenvalue weighted by Crippen LogP contribution is -2.62. The molecule has 0 spiro atoms. The second-order valence-electron chi connectivity index (χ2n) is 7.32. The highest BCUT2D eigenvalue weighted by atomic mass is 19.1. The van der Waals surface area contributed by atoms with Crippen molar-refractivity contribution in [1.29, 1.82) is 0 Å². The fourth-order valence-electron chi connectivity index (χ4n) is 4.25. The Morgan fingerprint density at radius 1 is 1.04 bits per heavy atom. The molecule has 2 aliphatic rings. The molecule has 1 fully saturated rings. The highest BCUT2D eigenvalue weighted by Gasteiger charge is 2.42. The van der Waals surface area contributed by atoms with E-state index in [2.05, 4.69) is 29.2 Å². The first-order chi connectivity index (χ1) is 12.6. The molecule has 4 nitrogen and oxygen atoms in total. The van der Waals surface area contributed by atoms with E-state index in [1.165, 1.54) is 23.3 Å². The minimum atomic E-state index is -0.672. The fourth-order valence-corrected chi connectivity index (χ4v) is 4.25. The summed E-state index contributed by atoms with van der Waals surface area (Å²) in [5, 5.41) is 11.0. The topological polar surface area (TPSA) is 58.7 Å². The van der Waals surface area contributed by atoms with Gasteiger partial charge in [-0.25, -0.2) is 4.39 Å². The lowest BCUT2D eigenvalue weighted by molar-refractivity contribution is -0.0649. The molecule has 5 heteroatoms. The summed E-state index contributed by atoms with van der Waals surface area (Å²) >= 11 is 0. The van der Waals surface area contributed by atoms with E-state index in [1.54, 1.807) is 12.1 Å². The zero-order valence-electron chi connectivity index (χ0n) is 14.7. The molecule has 0 aromatic heterocycles. The van der Waals surface area contributed by atoms with Gasteiger partial charge in [-0.15, -0.1) is 0 Å². The monoisotopic (exact) mass is 356 g/mol. The molecular formula is C21H25FN2O2. The Kier molecular flexibility index (Phi) is 4.94. The van der Waals surface area contributed by atoms with Gasteiger partial charge in [0.15, 0.2) is 0 Å².